The molecule has 0 spiro atoms. The Morgan fingerprint density at radius 2 is 1.75 bits per heavy atom. The molecule has 0 unspecified atom stereocenters. The minimum absolute atomic E-state index is 1.08. The molecule has 1 saturated heterocycles. The van der Waals surface area contributed by atoms with Crippen LogP contribution in [0.5, 0.6) is 0 Å². The Labute approximate surface area is 29.2 Å². The molecule has 4 heavy (non-hydrogen) atoms. The van der Waals surface area contributed by atoms with Crippen molar-refractivity contribution in [3.8, 4) is 0 Å². The highest BCUT2D eigenvalue weighted by molar-refractivity contribution is 7.92. The van der Waals surface area contributed by atoms with E-state index in [1.54, 1.807) is 0 Å². The normalized spacial score (nSPS) is 17.5. The van der Waals surface area contributed by atoms with Gasteiger partial charge in [0.05, 0.1) is 7.74 Å². The van der Waals surface area contributed by atoms with Crippen molar-refractivity contribution in [1.82, 2.24) is 0 Å². The van der Waals surface area contributed by atoms with Gasteiger partial charge in [-0.15, -0.1) is 0 Å². The Morgan fingerprint density at radius 3 is 1.75 bits per heavy atom. The zero-order valence-electron chi connectivity index (χ0n) is 2.99. The van der Waals surface area contributed by atoms with Crippen LogP contribution in [0.3, 0.4) is 0 Å². The van der Waals surface area contributed by atoms with Gasteiger partial charge >= 0.3 is 0 Å². The summed E-state index contributed by atoms with van der Waals surface area (Å²) in [6.45, 7) is 0. The predicted octanol–water partition coefficient (Wildman–Crippen LogP) is -2.59. The number of hydrogen-bond donors (Lipinski definition) is 0. The Hall–Kier alpha value is 0.260. The van der Waals surface area contributed by atoms with Crippen molar-refractivity contribution in [2.75, 3.05) is 0 Å². The largest absolute Gasteiger partial charge is 0.0552 e. The summed E-state index contributed by atoms with van der Waals surface area (Å²) in [6.07, 6.45) is 1.08. The van der Waals surface area contributed by atoms with E-state index >= 15 is 0 Å². The third-order valence-electron chi connectivity index (χ3n) is 0.866. The molecule has 1 rings (SSSR count). The van der Waals surface area contributed by atoms with E-state index in [0.717, 1.165) is 6.39 Å². The first-order chi connectivity index (χ1) is 1.89. The topological polar surface area (TPSA) is 0 Å². The maximum atomic E-state index is 2.28. The van der Waals surface area contributed by atoms with Gasteiger partial charge in [-0.25, -0.2) is 0 Å². The fourth-order valence-electron chi connectivity index (χ4n) is 0.167. The zero-order valence-corrected chi connectivity index (χ0v) is 2.99. The minimum Gasteiger partial charge on any atom is 0.0205 e. The molecule has 1 aliphatic rings. The molecule has 0 atom stereocenters. The molecule has 16 valence electrons. The SMILES string of the molecule is BB1BB1. The van der Waals surface area contributed by atoms with Crippen molar-refractivity contribution in [2.24, 2.45) is 0 Å². The first-order valence-electron chi connectivity index (χ1n) is 1.89. The van der Waals surface area contributed by atoms with Crippen molar-refractivity contribution < 1.29 is 0 Å². The van der Waals surface area contributed by atoms with Gasteiger partial charge in [-0.1, -0.05) is 0 Å². The number of hydrogen-bond acceptors (Lipinski definition) is 0. The second-order valence-electron chi connectivity index (χ2n) is 1.68. The Morgan fingerprint density at radius 1 is 1.50 bits per heavy atom. The predicted molar refractivity (Wildman–Crippen MR) is 28.6 cm³/mol. The van der Waals surface area contributed by atoms with Crippen LogP contribution in [0.1, 0.15) is 0 Å². The highest BCUT2D eigenvalue weighted by Gasteiger charge is 2.20. The van der Waals surface area contributed by atoms with Crippen LogP contribution >= 0.6 is 0 Å². The van der Waals surface area contributed by atoms with Gasteiger partial charge in [0, 0.05) is 20.5 Å². The average molecular weight is 47.3 g/mol. The highest BCUT2D eigenvalue weighted by Crippen LogP contribution is 1.79. The van der Waals surface area contributed by atoms with Crippen LogP contribution in [-0.4, -0.2) is 28.2 Å². The molecule has 0 aromatic rings. The van der Waals surface area contributed by atoms with Crippen molar-refractivity contribution in [2.45, 2.75) is 0 Å². The smallest absolute Gasteiger partial charge is 0.0205 e. The molecule has 1 heterocycles. The maximum absolute atomic E-state index is 2.28. The van der Waals surface area contributed by atoms with Gasteiger partial charge in [0.15, 0.2) is 0 Å². The summed E-state index contributed by atoms with van der Waals surface area (Å²) >= 11 is 0. The molecular formula is H4B4. The third-order valence-corrected chi connectivity index (χ3v) is 0.866. The summed E-state index contributed by atoms with van der Waals surface area (Å²) in [4.78, 5) is 0. The van der Waals surface area contributed by atoms with Gasteiger partial charge in [-0.2, -0.15) is 0 Å². The van der Waals surface area contributed by atoms with E-state index in [2.05, 4.69) is 7.74 Å². The Bertz CT molecular complexity index is 19.2. The first kappa shape index (κ1) is 2.49. The van der Waals surface area contributed by atoms with E-state index in [0.29, 0.717) is 0 Å². The summed E-state index contributed by atoms with van der Waals surface area (Å²) in [5.74, 6) is 0. The van der Waals surface area contributed by atoms with Crippen LogP contribution in [0.2, 0.25) is 0 Å². The lowest BCUT2D eigenvalue weighted by Crippen LogP contribution is -1.86. The summed E-state index contributed by atoms with van der Waals surface area (Å²) in [6, 6.07) is 0. The van der Waals surface area contributed by atoms with E-state index < -0.39 is 0 Å². The van der Waals surface area contributed by atoms with E-state index in [4.69, 9.17) is 0 Å². The second kappa shape index (κ2) is 0.602. The standard InChI is InChI=1S/B4H4/c1-4-2-3-4/h2-3H,1H2. The first-order valence-corrected chi connectivity index (χ1v) is 1.89. The molecule has 0 saturated carbocycles. The van der Waals surface area contributed by atoms with Gasteiger partial charge in [-0.3, -0.25) is 0 Å². The fraction of sp³-hybridized carbons (Fsp3) is 0. The van der Waals surface area contributed by atoms with Gasteiger partial charge in [0.1, 0.15) is 0 Å². The molecular weight excluding hydrogens is 43.2 g/mol. The minimum atomic E-state index is 1.08. The summed E-state index contributed by atoms with van der Waals surface area (Å²) < 4.78 is 0. The lowest BCUT2D eigenvalue weighted by Gasteiger charge is -1.45. The van der Waals surface area contributed by atoms with Crippen LogP contribution in [-0.2, 0) is 0 Å². The molecule has 1 aliphatic heterocycles. The fourth-order valence-corrected chi connectivity index (χ4v) is 0.167. The molecule has 0 N–H and O–H groups in total. The van der Waals surface area contributed by atoms with Gasteiger partial charge in [0.25, 0.3) is 0 Å². The molecule has 0 nitrogen and oxygen atoms in total. The van der Waals surface area contributed by atoms with E-state index in [-0.39, 0.29) is 0 Å². The monoisotopic (exact) mass is 48.1 g/mol. The molecule has 4 heteroatoms. The Kier molecular flexibility index (Phi) is 0.375. The van der Waals surface area contributed by atoms with Crippen molar-refractivity contribution >= 4 is 28.2 Å². The van der Waals surface area contributed by atoms with Crippen molar-refractivity contribution in [3.63, 3.8) is 0 Å². The number of rotatable bonds is 0. The van der Waals surface area contributed by atoms with Crippen LogP contribution in [0.4, 0.5) is 0 Å². The van der Waals surface area contributed by atoms with E-state index in [1.165, 1.54) is 14.1 Å². The van der Waals surface area contributed by atoms with Crippen molar-refractivity contribution in [3.05, 3.63) is 0 Å². The van der Waals surface area contributed by atoms with Crippen LogP contribution in [0.15, 0.2) is 0 Å². The zero-order chi connectivity index (χ0) is 2.99. The molecule has 0 amide bonds. The summed E-state index contributed by atoms with van der Waals surface area (Å²) in [5, 5.41) is 0. The summed E-state index contributed by atoms with van der Waals surface area (Å²) in [7, 11) is 5.25. The quantitative estimate of drug-likeness (QED) is 0.263. The Balaban J connectivity index is 2.17. The van der Waals surface area contributed by atoms with Crippen molar-refractivity contribution in [1.29, 1.82) is 0 Å². The van der Waals surface area contributed by atoms with E-state index in [1.807, 2.05) is 0 Å². The molecule has 1 fully saturated rings. The molecule has 0 radical (unpaired) electrons. The summed E-state index contributed by atoms with van der Waals surface area (Å²) in [5.41, 5.74) is 0. The molecule has 0 aliphatic carbocycles. The molecule has 0 aromatic heterocycles. The molecule has 0 bridgehead atoms. The van der Waals surface area contributed by atoms with Gasteiger partial charge in [-0.05, 0) is 0 Å². The molecule has 0 aromatic carbocycles. The lowest BCUT2D eigenvalue weighted by atomic mass is 9.33. The lowest BCUT2D eigenvalue weighted by molar-refractivity contribution is 4.27. The highest BCUT2D eigenvalue weighted by atomic mass is 13.0. The third kappa shape index (κ3) is 0.337. The van der Waals surface area contributed by atoms with Crippen LogP contribution in [0.25, 0.3) is 0 Å². The van der Waals surface area contributed by atoms with Gasteiger partial charge in [0.2, 0.25) is 0 Å². The average Bonchev–Trinajstić information content (AvgIpc) is 1.75. The van der Waals surface area contributed by atoms with Crippen LogP contribution < -0.4 is 0 Å². The second-order valence-corrected chi connectivity index (χ2v) is 1.68. The maximum Gasteiger partial charge on any atom is 0.0552 e. The van der Waals surface area contributed by atoms with Gasteiger partial charge < -0.3 is 0 Å². The van der Waals surface area contributed by atoms with Crippen LogP contribution in [0, 0.1) is 0 Å². The van der Waals surface area contributed by atoms with E-state index in [9.17, 15) is 0 Å².